The summed E-state index contributed by atoms with van der Waals surface area (Å²) in [5.74, 6) is -1.34. The molecule has 0 bridgehead atoms. The Morgan fingerprint density at radius 3 is 2.23 bits per heavy atom. The largest absolute Gasteiger partial charge is 0.382 e. The van der Waals surface area contributed by atoms with Gasteiger partial charge in [0.1, 0.15) is 6.10 Å². The first-order valence-electron chi connectivity index (χ1n) is 3.99. The maximum Gasteiger partial charge on any atom is 0.247 e. The van der Waals surface area contributed by atoms with E-state index in [1.54, 1.807) is 6.92 Å². The van der Waals surface area contributed by atoms with E-state index in [2.05, 4.69) is 5.32 Å². The van der Waals surface area contributed by atoms with Gasteiger partial charge in [-0.15, -0.1) is 0 Å². The van der Waals surface area contributed by atoms with Gasteiger partial charge in [-0.1, -0.05) is 6.92 Å². The first-order chi connectivity index (χ1) is 5.99. The Morgan fingerprint density at radius 2 is 1.92 bits per heavy atom. The van der Waals surface area contributed by atoms with Crippen LogP contribution < -0.4 is 16.8 Å². The van der Waals surface area contributed by atoms with E-state index in [1.165, 1.54) is 0 Å². The van der Waals surface area contributed by atoms with Crippen LogP contribution in [0.15, 0.2) is 0 Å². The van der Waals surface area contributed by atoms with Crippen LogP contribution in [0.25, 0.3) is 0 Å². The van der Waals surface area contributed by atoms with Gasteiger partial charge < -0.3 is 21.9 Å². The number of primary amides is 2. The topological polar surface area (TPSA) is 118 Å². The molecule has 13 heavy (non-hydrogen) atoms. The second kappa shape index (κ2) is 5.50. The summed E-state index contributed by atoms with van der Waals surface area (Å²) in [5.41, 5.74) is 9.80. The summed E-state index contributed by atoms with van der Waals surface area (Å²) < 4.78 is 0. The van der Waals surface area contributed by atoms with Crippen LogP contribution in [0.2, 0.25) is 0 Å². The quantitative estimate of drug-likeness (QED) is 0.375. The Labute approximate surface area is 76.3 Å². The Bertz CT molecular complexity index is 195. The summed E-state index contributed by atoms with van der Waals surface area (Å²) in [6.45, 7) is 1.70. The van der Waals surface area contributed by atoms with Crippen LogP contribution in [0.1, 0.15) is 13.3 Å². The van der Waals surface area contributed by atoms with Crippen LogP contribution in [-0.4, -0.2) is 35.6 Å². The van der Waals surface area contributed by atoms with Gasteiger partial charge >= 0.3 is 0 Å². The molecule has 0 saturated carbocycles. The zero-order valence-electron chi connectivity index (χ0n) is 7.49. The summed E-state index contributed by atoms with van der Waals surface area (Å²) in [4.78, 5) is 21.1. The Kier molecular flexibility index (Phi) is 5.01. The van der Waals surface area contributed by atoms with Crippen molar-refractivity contribution in [3.05, 3.63) is 0 Å². The van der Waals surface area contributed by atoms with Crippen LogP contribution in [0, 0.1) is 0 Å². The highest BCUT2D eigenvalue weighted by Gasteiger charge is 2.16. The van der Waals surface area contributed by atoms with Gasteiger partial charge in [0, 0.05) is 6.54 Å². The maximum atomic E-state index is 10.7. The highest BCUT2D eigenvalue weighted by atomic mass is 16.3. The molecule has 0 fully saturated rings. The average molecular weight is 189 g/mol. The van der Waals surface area contributed by atoms with Gasteiger partial charge in [-0.25, -0.2) is 0 Å². The zero-order chi connectivity index (χ0) is 10.4. The summed E-state index contributed by atoms with van der Waals surface area (Å²) in [6, 6.07) is -0.533. The molecule has 0 aromatic rings. The normalized spacial score (nSPS) is 14.9. The van der Waals surface area contributed by atoms with E-state index >= 15 is 0 Å². The van der Waals surface area contributed by atoms with E-state index in [9.17, 15) is 9.59 Å². The van der Waals surface area contributed by atoms with Crippen LogP contribution >= 0.6 is 0 Å². The fraction of sp³-hybridized carbons (Fsp3) is 0.714. The predicted octanol–water partition coefficient (Wildman–Crippen LogP) is -2.31. The van der Waals surface area contributed by atoms with Gasteiger partial charge in [-0.3, -0.25) is 9.59 Å². The SMILES string of the molecule is CCC(NCC(O)C(N)=O)C(N)=O. The molecule has 0 spiro atoms. The molecule has 6 heteroatoms. The van der Waals surface area contributed by atoms with Crippen molar-refractivity contribution in [2.24, 2.45) is 11.5 Å². The minimum atomic E-state index is -1.28. The van der Waals surface area contributed by atoms with Gasteiger partial charge in [0.2, 0.25) is 11.8 Å². The molecule has 0 aliphatic carbocycles. The number of rotatable bonds is 6. The Hall–Kier alpha value is -1.14. The molecule has 0 aliphatic rings. The van der Waals surface area contributed by atoms with Crippen molar-refractivity contribution < 1.29 is 14.7 Å². The Balaban J connectivity index is 3.85. The van der Waals surface area contributed by atoms with Gasteiger partial charge in [0.15, 0.2) is 0 Å². The summed E-state index contributed by atoms with van der Waals surface area (Å²) in [6.07, 6.45) is -0.783. The van der Waals surface area contributed by atoms with Crippen LogP contribution in [0.4, 0.5) is 0 Å². The Morgan fingerprint density at radius 1 is 1.38 bits per heavy atom. The third-order valence-electron chi connectivity index (χ3n) is 1.64. The monoisotopic (exact) mass is 189 g/mol. The lowest BCUT2D eigenvalue weighted by Gasteiger charge is -2.14. The van der Waals surface area contributed by atoms with E-state index in [0.29, 0.717) is 6.42 Å². The van der Waals surface area contributed by atoms with Crippen molar-refractivity contribution in [3.63, 3.8) is 0 Å². The highest BCUT2D eigenvalue weighted by molar-refractivity contribution is 5.80. The standard InChI is InChI=1S/C7H15N3O3/c1-2-4(6(8)12)10-3-5(11)7(9)13/h4-5,10-11H,2-3H2,1H3,(H2,8,12)(H2,9,13). The van der Waals surface area contributed by atoms with E-state index < -0.39 is 24.0 Å². The number of amides is 2. The summed E-state index contributed by atoms with van der Waals surface area (Å²) in [5, 5.41) is 11.6. The molecule has 2 unspecified atom stereocenters. The number of aliphatic hydroxyl groups is 1. The molecule has 0 aliphatic heterocycles. The number of nitrogens with two attached hydrogens (primary N) is 2. The lowest BCUT2D eigenvalue weighted by molar-refractivity contribution is -0.126. The molecule has 2 amide bonds. The van der Waals surface area contributed by atoms with Gasteiger partial charge in [-0.05, 0) is 6.42 Å². The molecule has 0 rings (SSSR count). The second-order valence-corrected chi connectivity index (χ2v) is 2.69. The van der Waals surface area contributed by atoms with Crippen molar-refractivity contribution in [1.29, 1.82) is 0 Å². The third-order valence-corrected chi connectivity index (χ3v) is 1.64. The number of hydrogen-bond donors (Lipinski definition) is 4. The number of aliphatic hydroxyl groups excluding tert-OH is 1. The van der Waals surface area contributed by atoms with Crippen LogP contribution in [-0.2, 0) is 9.59 Å². The number of nitrogens with one attached hydrogen (secondary N) is 1. The van der Waals surface area contributed by atoms with Gasteiger partial charge in [0.25, 0.3) is 0 Å². The number of carbonyl (C=O) groups excluding carboxylic acids is 2. The molecule has 0 aromatic carbocycles. The molecular weight excluding hydrogens is 174 g/mol. The molecule has 6 N–H and O–H groups in total. The fourth-order valence-corrected chi connectivity index (χ4v) is 0.801. The van der Waals surface area contributed by atoms with Crippen molar-refractivity contribution in [2.45, 2.75) is 25.5 Å². The van der Waals surface area contributed by atoms with Crippen molar-refractivity contribution >= 4 is 11.8 Å². The lowest BCUT2D eigenvalue weighted by Crippen LogP contribution is -2.46. The lowest BCUT2D eigenvalue weighted by atomic mass is 10.2. The first-order valence-corrected chi connectivity index (χ1v) is 3.99. The molecule has 0 aromatic heterocycles. The number of carbonyl (C=O) groups is 2. The maximum absolute atomic E-state index is 10.7. The van der Waals surface area contributed by atoms with Gasteiger partial charge in [0.05, 0.1) is 6.04 Å². The van der Waals surface area contributed by atoms with Crippen molar-refractivity contribution in [2.75, 3.05) is 6.54 Å². The van der Waals surface area contributed by atoms with E-state index in [-0.39, 0.29) is 6.54 Å². The van der Waals surface area contributed by atoms with Crippen molar-refractivity contribution in [3.8, 4) is 0 Å². The minimum absolute atomic E-state index is 0.0588. The molecular formula is C7H15N3O3. The molecule has 0 saturated heterocycles. The summed E-state index contributed by atoms with van der Waals surface area (Å²) in [7, 11) is 0. The van der Waals surface area contributed by atoms with E-state index in [4.69, 9.17) is 16.6 Å². The molecule has 6 nitrogen and oxygen atoms in total. The van der Waals surface area contributed by atoms with E-state index in [1.807, 2.05) is 0 Å². The first kappa shape index (κ1) is 11.9. The average Bonchev–Trinajstić information content (AvgIpc) is 2.04. The fourth-order valence-electron chi connectivity index (χ4n) is 0.801. The van der Waals surface area contributed by atoms with Crippen molar-refractivity contribution in [1.82, 2.24) is 5.32 Å². The predicted molar refractivity (Wildman–Crippen MR) is 46.5 cm³/mol. The molecule has 76 valence electrons. The zero-order valence-corrected chi connectivity index (χ0v) is 7.49. The van der Waals surface area contributed by atoms with E-state index in [0.717, 1.165) is 0 Å². The smallest absolute Gasteiger partial charge is 0.247 e. The molecule has 2 atom stereocenters. The number of hydrogen-bond acceptors (Lipinski definition) is 4. The van der Waals surface area contributed by atoms with Crippen LogP contribution in [0.5, 0.6) is 0 Å². The second-order valence-electron chi connectivity index (χ2n) is 2.69. The molecule has 0 heterocycles. The third kappa shape index (κ3) is 4.44. The van der Waals surface area contributed by atoms with Crippen LogP contribution in [0.3, 0.4) is 0 Å². The molecule has 0 radical (unpaired) electrons. The van der Waals surface area contributed by atoms with Gasteiger partial charge in [-0.2, -0.15) is 0 Å². The summed E-state index contributed by atoms with van der Waals surface area (Å²) >= 11 is 0. The minimum Gasteiger partial charge on any atom is -0.382 e. The highest BCUT2D eigenvalue weighted by Crippen LogP contribution is 1.89.